The third-order valence-electron chi connectivity index (χ3n) is 2.52. The van der Waals surface area contributed by atoms with Crippen LogP contribution in [-0.4, -0.2) is 15.5 Å². The van der Waals surface area contributed by atoms with Crippen LogP contribution in [0.15, 0.2) is 0 Å². The lowest BCUT2D eigenvalue weighted by molar-refractivity contribution is 0.101. The molecule has 1 aromatic heterocycles. The van der Waals surface area contributed by atoms with Crippen molar-refractivity contribution < 1.29 is 9.90 Å². The van der Waals surface area contributed by atoms with Gasteiger partial charge in [0.1, 0.15) is 6.07 Å². The summed E-state index contributed by atoms with van der Waals surface area (Å²) in [5.41, 5.74) is 0.639. The Morgan fingerprint density at radius 2 is 1.94 bits per heavy atom. The van der Waals surface area contributed by atoms with Crippen LogP contribution >= 0.6 is 0 Å². The lowest BCUT2D eigenvalue weighted by Gasteiger charge is -2.24. The monoisotopic (exact) mass is 220 g/mol. The van der Waals surface area contributed by atoms with Gasteiger partial charge in [0.15, 0.2) is 5.78 Å². The van der Waals surface area contributed by atoms with Crippen LogP contribution in [0.3, 0.4) is 0 Å². The van der Waals surface area contributed by atoms with Gasteiger partial charge in [-0.1, -0.05) is 0 Å². The molecule has 1 rings (SSSR count). The fraction of sp³-hybridized carbons (Fsp3) is 0.500. The van der Waals surface area contributed by atoms with Crippen molar-refractivity contribution in [1.82, 2.24) is 4.57 Å². The number of hydrogen-bond acceptors (Lipinski definition) is 3. The van der Waals surface area contributed by atoms with Gasteiger partial charge in [-0.15, -0.1) is 0 Å². The summed E-state index contributed by atoms with van der Waals surface area (Å²) in [5.74, 6) is -0.408. The van der Waals surface area contributed by atoms with Crippen LogP contribution in [0.25, 0.3) is 0 Å². The molecule has 0 atom stereocenters. The Kier molecular flexibility index (Phi) is 2.83. The molecule has 0 unspecified atom stereocenters. The first kappa shape index (κ1) is 12.3. The van der Waals surface area contributed by atoms with E-state index in [1.807, 2.05) is 26.8 Å². The molecule has 4 nitrogen and oxygen atoms in total. The van der Waals surface area contributed by atoms with Gasteiger partial charge in [-0.05, 0) is 34.6 Å². The number of carbonyl (C=O) groups is 1. The first-order valence-electron chi connectivity index (χ1n) is 5.07. The molecule has 0 fully saturated rings. The Morgan fingerprint density at radius 3 is 2.19 bits per heavy atom. The molecule has 0 saturated carbocycles. The number of rotatable bonds is 1. The fourth-order valence-electron chi connectivity index (χ4n) is 1.97. The van der Waals surface area contributed by atoms with E-state index in [4.69, 9.17) is 5.26 Å². The molecule has 1 N–H and O–H groups in total. The van der Waals surface area contributed by atoms with Gasteiger partial charge < -0.3 is 9.67 Å². The maximum Gasteiger partial charge on any atom is 0.204 e. The van der Waals surface area contributed by atoms with Crippen molar-refractivity contribution in [2.45, 2.75) is 40.2 Å². The highest BCUT2D eigenvalue weighted by Crippen LogP contribution is 2.33. The summed E-state index contributed by atoms with van der Waals surface area (Å²) in [5, 5.41) is 19.0. The molecule has 0 aromatic carbocycles. The van der Waals surface area contributed by atoms with E-state index in [2.05, 4.69) is 0 Å². The number of Topliss-reactive ketones (excluding diaryl/α,β-unsaturated/α-hetero) is 1. The number of aromatic hydroxyl groups is 1. The zero-order chi connectivity index (χ0) is 12.7. The van der Waals surface area contributed by atoms with Crippen LogP contribution in [0.2, 0.25) is 0 Å². The zero-order valence-corrected chi connectivity index (χ0v) is 10.2. The average Bonchev–Trinajstić information content (AvgIpc) is 2.35. The Bertz CT molecular complexity index is 485. The molecular weight excluding hydrogens is 204 g/mol. The smallest absolute Gasteiger partial charge is 0.204 e. The van der Waals surface area contributed by atoms with Crippen LogP contribution in [-0.2, 0) is 5.54 Å². The maximum atomic E-state index is 11.4. The van der Waals surface area contributed by atoms with Crippen LogP contribution in [0, 0.1) is 18.3 Å². The van der Waals surface area contributed by atoms with Crippen molar-refractivity contribution >= 4 is 5.78 Å². The van der Waals surface area contributed by atoms with Gasteiger partial charge in [0.25, 0.3) is 0 Å². The second kappa shape index (κ2) is 3.67. The summed E-state index contributed by atoms with van der Waals surface area (Å²) in [7, 11) is 0. The van der Waals surface area contributed by atoms with E-state index in [-0.39, 0.29) is 28.3 Å². The molecule has 0 aliphatic carbocycles. The molecule has 0 aliphatic heterocycles. The van der Waals surface area contributed by atoms with E-state index in [1.54, 1.807) is 11.5 Å². The summed E-state index contributed by atoms with van der Waals surface area (Å²) in [6, 6.07) is 1.98. The largest absolute Gasteiger partial charge is 0.494 e. The van der Waals surface area contributed by atoms with Crippen molar-refractivity contribution in [2.24, 2.45) is 0 Å². The summed E-state index contributed by atoms with van der Waals surface area (Å²) in [6.07, 6.45) is 0. The lowest BCUT2D eigenvalue weighted by Crippen LogP contribution is -2.22. The predicted octanol–water partition coefficient (Wildman–Crippen LogP) is 2.33. The number of carbonyl (C=O) groups excluding carboxylic acids is 1. The third kappa shape index (κ3) is 1.69. The van der Waals surface area contributed by atoms with Gasteiger partial charge in [0, 0.05) is 11.2 Å². The standard InChI is InChI=1S/C12H16N2O2/c1-7-9(6-13)10(8(2)15)11(16)14(7)12(3,4)5/h16H,1-5H3. The summed E-state index contributed by atoms with van der Waals surface area (Å²) in [4.78, 5) is 11.4. The van der Waals surface area contributed by atoms with E-state index in [1.165, 1.54) is 6.92 Å². The quantitative estimate of drug-likeness (QED) is 0.738. The molecule has 1 heterocycles. The van der Waals surface area contributed by atoms with E-state index < -0.39 is 0 Å². The second-order valence-electron chi connectivity index (χ2n) is 4.83. The molecule has 4 heteroatoms. The highest BCUT2D eigenvalue weighted by Gasteiger charge is 2.28. The Morgan fingerprint density at radius 1 is 1.44 bits per heavy atom. The Balaban J connectivity index is 3.70. The van der Waals surface area contributed by atoms with E-state index in [0.29, 0.717) is 5.69 Å². The fourth-order valence-corrected chi connectivity index (χ4v) is 1.97. The van der Waals surface area contributed by atoms with Crippen LogP contribution in [0.5, 0.6) is 5.88 Å². The molecule has 16 heavy (non-hydrogen) atoms. The molecule has 0 spiro atoms. The summed E-state index contributed by atoms with van der Waals surface area (Å²) in [6.45, 7) is 8.80. The van der Waals surface area contributed by atoms with Gasteiger partial charge in [-0.25, -0.2) is 0 Å². The molecule has 0 saturated heterocycles. The highest BCUT2D eigenvalue weighted by molar-refractivity contribution is 5.99. The van der Waals surface area contributed by atoms with Crippen molar-refractivity contribution in [3.05, 3.63) is 16.8 Å². The normalized spacial score (nSPS) is 11.2. The lowest BCUT2D eigenvalue weighted by atomic mass is 10.1. The predicted molar refractivity (Wildman–Crippen MR) is 60.5 cm³/mol. The van der Waals surface area contributed by atoms with Crippen LogP contribution in [0.4, 0.5) is 0 Å². The van der Waals surface area contributed by atoms with Gasteiger partial charge in [-0.3, -0.25) is 4.79 Å². The van der Waals surface area contributed by atoms with Crippen LogP contribution in [0.1, 0.15) is 49.3 Å². The van der Waals surface area contributed by atoms with Crippen molar-refractivity contribution in [1.29, 1.82) is 5.26 Å². The molecule has 1 aromatic rings. The number of aromatic nitrogens is 1. The van der Waals surface area contributed by atoms with Crippen molar-refractivity contribution in [3.8, 4) is 11.9 Å². The molecule has 86 valence electrons. The number of hydrogen-bond donors (Lipinski definition) is 1. The van der Waals surface area contributed by atoms with Gasteiger partial charge in [0.05, 0.1) is 11.1 Å². The van der Waals surface area contributed by atoms with Crippen molar-refractivity contribution in [2.75, 3.05) is 0 Å². The summed E-state index contributed by atoms with van der Waals surface area (Å²) >= 11 is 0. The Hall–Kier alpha value is -1.76. The Labute approximate surface area is 95.1 Å². The first-order valence-corrected chi connectivity index (χ1v) is 5.07. The minimum Gasteiger partial charge on any atom is -0.494 e. The van der Waals surface area contributed by atoms with Gasteiger partial charge in [-0.2, -0.15) is 5.26 Å². The van der Waals surface area contributed by atoms with Crippen LogP contribution < -0.4 is 0 Å². The number of ketones is 1. The van der Waals surface area contributed by atoms with Crippen molar-refractivity contribution in [3.63, 3.8) is 0 Å². The molecule has 0 amide bonds. The molecule has 0 radical (unpaired) electrons. The molecule has 0 bridgehead atoms. The molecule has 0 aliphatic rings. The van der Waals surface area contributed by atoms with Gasteiger partial charge in [0.2, 0.25) is 5.88 Å². The summed E-state index contributed by atoms with van der Waals surface area (Å²) < 4.78 is 1.61. The minimum atomic E-state index is -0.368. The SMILES string of the molecule is CC(=O)c1c(C#N)c(C)n(C(C)(C)C)c1O. The van der Waals surface area contributed by atoms with E-state index in [9.17, 15) is 9.90 Å². The topological polar surface area (TPSA) is 66.0 Å². The number of nitrogens with zero attached hydrogens (tertiary/aromatic N) is 2. The minimum absolute atomic E-state index is 0.117. The third-order valence-corrected chi connectivity index (χ3v) is 2.52. The highest BCUT2D eigenvalue weighted by atomic mass is 16.3. The van der Waals surface area contributed by atoms with E-state index in [0.717, 1.165) is 0 Å². The van der Waals surface area contributed by atoms with Gasteiger partial charge >= 0.3 is 0 Å². The zero-order valence-electron chi connectivity index (χ0n) is 10.2. The first-order chi connectivity index (χ1) is 7.21. The van der Waals surface area contributed by atoms with E-state index >= 15 is 0 Å². The molecular formula is C12H16N2O2. The average molecular weight is 220 g/mol. The number of nitriles is 1. The maximum absolute atomic E-state index is 11.4. The second-order valence-corrected chi connectivity index (χ2v) is 4.83.